The van der Waals surface area contributed by atoms with Crippen molar-refractivity contribution in [2.24, 2.45) is 11.8 Å². The van der Waals surface area contributed by atoms with Crippen molar-refractivity contribution >= 4 is 5.97 Å². The molecule has 3 rings (SSSR count). The fraction of sp³-hybridized carbons (Fsp3) is 0.588. The van der Waals surface area contributed by atoms with Gasteiger partial charge in [0.1, 0.15) is 0 Å². The van der Waals surface area contributed by atoms with Crippen LogP contribution < -0.4 is 5.32 Å². The first-order valence-corrected chi connectivity index (χ1v) is 7.78. The maximum atomic E-state index is 10.8. The van der Waals surface area contributed by atoms with Crippen LogP contribution in [0.3, 0.4) is 0 Å². The van der Waals surface area contributed by atoms with Gasteiger partial charge in [0.2, 0.25) is 0 Å². The van der Waals surface area contributed by atoms with Gasteiger partial charge in [-0.2, -0.15) is 0 Å². The Kier molecular flexibility index (Phi) is 4.06. The normalized spacial score (nSPS) is 26.4. The lowest BCUT2D eigenvalue weighted by atomic mass is 9.82. The molecule has 2 N–H and O–H groups in total. The van der Waals surface area contributed by atoms with Crippen LogP contribution in [-0.2, 0) is 6.54 Å². The first-order valence-electron chi connectivity index (χ1n) is 7.78. The van der Waals surface area contributed by atoms with Crippen LogP contribution in [0.4, 0.5) is 0 Å². The van der Waals surface area contributed by atoms with Crippen LogP contribution in [0.5, 0.6) is 0 Å². The van der Waals surface area contributed by atoms with E-state index in [1.54, 1.807) is 12.1 Å². The van der Waals surface area contributed by atoms with Gasteiger partial charge in [0, 0.05) is 12.6 Å². The summed E-state index contributed by atoms with van der Waals surface area (Å²) in [6, 6.07) is 7.85. The first-order chi connectivity index (χ1) is 9.72. The molecule has 1 aromatic carbocycles. The summed E-state index contributed by atoms with van der Waals surface area (Å²) in [6.07, 6.45) is 8.31. The van der Waals surface area contributed by atoms with Crippen LogP contribution in [-0.4, -0.2) is 17.1 Å². The monoisotopic (exact) mass is 273 g/mol. The summed E-state index contributed by atoms with van der Waals surface area (Å²) in [5.41, 5.74) is 1.53. The molecule has 2 unspecified atom stereocenters. The first kappa shape index (κ1) is 13.6. The average molecular weight is 273 g/mol. The number of carboxylic acid groups (broad SMARTS) is 1. The highest BCUT2D eigenvalue weighted by molar-refractivity contribution is 5.87. The van der Waals surface area contributed by atoms with Crippen LogP contribution in [0.25, 0.3) is 0 Å². The van der Waals surface area contributed by atoms with E-state index in [-0.39, 0.29) is 0 Å². The number of carbonyl (C=O) groups is 1. The average Bonchev–Trinajstić information content (AvgIpc) is 3.30. The van der Waals surface area contributed by atoms with Crippen LogP contribution in [0.1, 0.15) is 54.4 Å². The fourth-order valence-electron chi connectivity index (χ4n) is 3.44. The zero-order chi connectivity index (χ0) is 13.9. The number of hydrogen-bond donors (Lipinski definition) is 2. The lowest BCUT2D eigenvalue weighted by molar-refractivity contribution is 0.0697. The second kappa shape index (κ2) is 5.96. The molecule has 0 bridgehead atoms. The molecule has 0 heterocycles. The second-order valence-corrected chi connectivity index (χ2v) is 6.34. The third-order valence-corrected chi connectivity index (χ3v) is 4.80. The molecule has 2 saturated carbocycles. The van der Waals surface area contributed by atoms with Gasteiger partial charge >= 0.3 is 5.97 Å². The Morgan fingerprint density at radius 2 is 1.85 bits per heavy atom. The molecule has 0 radical (unpaired) electrons. The predicted molar refractivity (Wildman–Crippen MR) is 78.7 cm³/mol. The molecule has 20 heavy (non-hydrogen) atoms. The van der Waals surface area contributed by atoms with Crippen LogP contribution in [0.2, 0.25) is 0 Å². The molecule has 0 aliphatic heterocycles. The Balaban J connectivity index is 1.49. The van der Waals surface area contributed by atoms with E-state index in [0.717, 1.165) is 18.4 Å². The van der Waals surface area contributed by atoms with Gasteiger partial charge in [-0.25, -0.2) is 4.79 Å². The van der Waals surface area contributed by atoms with Crippen LogP contribution in [0.15, 0.2) is 24.3 Å². The standard InChI is InChI=1S/C17H23NO2/c19-17(20)14-6-4-12(5-7-14)11-18-16-3-1-2-15(10-16)13-8-9-13/h4-7,13,15-16,18H,1-3,8-11H2,(H,19,20). The highest BCUT2D eigenvalue weighted by atomic mass is 16.4. The largest absolute Gasteiger partial charge is 0.478 e. The lowest BCUT2D eigenvalue weighted by Crippen LogP contribution is -2.34. The summed E-state index contributed by atoms with van der Waals surface area (Å²) >= 11 is 0. The summed E-state index contributed by atoms with van der Waals surface area (Å²) < 4.78 is 0. The third-order valence-electron chi connectivity index (χ3n) is 4.80. The number of benzene rings is 1. The second-order valence-electron chi connectivity index (χ2n) is 6.34. The molecule has 2 fully saturated rings. The molecule has 2 aliphatic rings. The van der Waals surface area contributed by atoms with Gasteiger partial charge < -0.3 is 10.4 Å². The van der Waals surface area contributed by atoms with Gasteiger partial charge in [0.25, 0.3) is 0 Å². The van der Waals surface area contributed by atoms with E-state index >= 15 is 0 Å². The summed E-state index contributed by atoms with van der Waals surface area (Å²) in [5.74, 6) is 1.12. The summed E-state index contributed by atoms with van der Waals surface area (Å²) in [4.78, 5) is 10.8. The number of nitrogens with one attached hydrogen (secondary N) is 1. The van der Waals surface area contributed by atoms with Crippen LogP contribution in [0, 0.1) is 11.8 Å². The Morgan fingerprint density at radius 1 is 1.10 bits per heavy atom. The zero-order valence-electron chi connectivity index (χ0n) is 11.8. The van der Waals surface area contributed by atoms with Gasteiger partial charge in [0.05, 0.1) is 5.56 Å². The van der Waals surface area contributed by atoms with E-state index < -0.39 is 5.97 Å². The van der Waals surface area contributed by atoms with Gasteiger partial charge in [-0.3, -0.25) is 0 Å². The highest BCUT2D eigenvalue weighted by Crippen LogP contribution is 2.43. The van der Waals surface area contributed by atoms with Gasteiger partial charge in [-0.05, 0) is 55.2 Å². The Hall–Kier alpha value is -1.35. The van der Waals surface area contributed by atoms with Gasteiger partial charge in [0.15, 0.2) is 0 Å². The molecular weight excluding hydrogens is 250 g/mol. The zero-order valence-corrected chi connectivity index (χ0v) is 11.8. The van der Waals surface area contributed by atoms with Crippen molar-refractivity contribution in [3.63, 3.8) is 0 Å². The van der Waals surface area contributed by atoms with Crippen LogP contribution >= 0.6 is 0 Å². The van der Waals surface area contributed by atoms with Gasteiger partial charge in [-0.15, -0.1) is 0 Å². The number of carboxylic acids is 1. The number of rotatable bonds is 5. The van der Waals surface area contributed by atoms with E-state index in [9.17, 15) is 4.79 Å². The van der Waals surface area contributed by atoms with E-state index in [2.05, 4.69) is 5.32 Å². The molecule has 0 saturated heterocycles. The summed E-state index contributed by atoms with van der Waals surface area (Å²) in [5, 5.41) is 12.5. The molecule has 0 spiro atoms. The van der Waals surface area contributed by atoms with E-state index in [1.807, 2.05) is 12.1 Å². The third kappa shape index (κ3) is 3.40. The van der Waals surface area contributed by atoms with Crippen molar-refractivity contribution < 1.29 is 9.90 Å². The quantitative estimate of drug-likeness (QED) is 0.864. The number of aromatic carboxylic acids is 1. The lowest BCUT2D eigenvalue weighted by Gasteiger charge is -2.30. The molecule has 2 aliphatic carbocycles. The summed E-state index contributed by atoms with van der Waals surface area (Å²) in [6.45, 7) is 0.849. The highest BCUT2D eigenvalue weighted by Gasteiger charge is 2.34. The van der Waals surface area contributed by atoms with Crippen molar-refractivity contribution in [2.45, 2.75) is 51.1 Å². The molecule has 108 valence electrons. The molecule has 0 aromatic heterocycles. The predicted octanol–water partition coefficient (Wildman–Crippen LogP) is 3.44. The molecule has 0 amide bonds. The minimum atomic E-state index is -0.857. The molecule has 2 atom stereocenters. The SMILES string of the molecule is O=C(O)c1ccc(CNC2CCCC(C3CC3)C2)cc1. The number of hydrogen-bond acceptors (Lipinski definition) is 2. The van der Waals surface area contributed by atoms with E-state index in [1.165, 1.54) is 44.1 Å². The topological polar surface area (TPSA) is 49.3 Å². The minimum absolute atomic E-state index is 0.361. The van der Waals surface area contributed by atoms with Crippen molar-refractivity contribution in [3.05, 3.63) is 35.4 Å². The molecule has 3 heteroatoms. The van der Waals surface area contributed by atoms with Crippen molar-refractivity contribution in [1.82, 2.24) is 5.32 Å². The molecular formula is C17H23NO2. The Morgan fingerprint density at radius 3 is 2.50 bits per heavy atom. The van der Waals surface area contributed by atoms with Crippen molar-refractivity contribution in [2.75, 3.05) is 0 Å². The minimum Gasteiger partial charge on any atom is -0.478 e. The van der Waals surface area contributed by atoms with Crippen molar-refractivity contribution in [1.29, 1.82) is 0 Å². The molecule has 1 aromatic rings. The summed E-state index contributed by atoms with van der Waals surface area (Å²) in [7, 11) is 0. The smallest absolute Gasteiger partial charge is 0.335 e. The van der Waals surface area contributed by atoms with Crippen molar-refractivity contribution in [3.8, 4) is 0 Å². The molecule has 3 nitrogen and oxygen atoms in total. The Labute approximate surface area is 120 Å². The maximum absolute atomic E-state index is 10.8. The Bertz CT molecular complexity index is 464. The van der Waals surface area contributed by atoms with Gasteiger partial charge in [-0.1, -0.05) is 25.0 Å². The fourth-order valence-corrected chi connectivity index (χ4v) is 3.44. The maximum Gasteiger partial charge on any atom is 0.335 e. The van der Waals surface area contributed by atoms with E-state index in [4.69, 9.17) is 5.11 Å². The van der Waals surface area contributed by atoms with E-state index in [0.29, 0.717) is 11.6 Å².